The van der Waals surface area contributed by atoms with E-state index in [4.69, 9.17) is 9.52 Å². The summed E-state index contributed by atoms with van der Waals surface area (Å²) in [5.41, 5.74) is 3.86. The molecule has 1 aromatic heterocycles. The van der Waals surface area contributed by atoms with Crippen molar-refractivity contribution in [3.63, 3.8) is 0 Å². The summed E-state index contributed by atoms with van der Waals surface area (Å²) in [5, 5.41) is 8.78. The van der Waals surface area contributed by atoms with Crippen molar-refractivity contribution < 1.29 is 18.9 Å². The summed E-state index contributed by atoms with van der Waals surface area (Å²) in [4.78, 5) is 10.7. The molecule has 0 atom stereocenters. The summed E-state index contributed by atoms with van der Waals surface area (Å²) in [6.45, 7) is 2.65. The molecule has 0 saturated heterocycles. The Morgan fingerprint density at radius 1 is 1.10 bits per heavy atom. The Morgan fingerprint density at radius 2 is 1.76 bits per heavy atom. The molecule has 1 N–H and O–H groups in total. The number of aliphatic carboxylic acids is 1. The lowest BCUT2D eigenvalue weighted by atomic mass is 10.1. The van der Waals surface area contributed by atoms with Crippen molar-refractivity contribution in [1.29, 1.82) is 0 Å². The molecule has 4 heteroatoms. The van der Waals surface area contributed by atoms with Gasteiger partial charge < -0.3 is 9.52 Å². The van der Waals surface area contributed by atoms with Gasteiger partial charge in [-0.05, 0) is 11.6 Å². The van der Waals surface area contributed by atoms with Gasteiger partial charge in [0.15, 0.2) is 6.54 Å². The van der Waals surface area contributed by atoms with Crippen molar-refractivity contribution in [1.82, 2.24) is 0 Å². The highest BCUT2D eigenvalue weighted by atomic mass is 16.4. The van der Waals surface area contributed by atoms with Crippen molar-refractivity contribution in [2.24, 2.45) is 0 Å². The third-order valence-corrected chi connectivity index (χ3v) is 3.51. The van der Waals surface area contributed by atoms with Crippen molar-refractivity contribution in [3.8, 4) is 0 Å². The molecular formula is C17H16NO3+. The fourth-order valence-corrected chi connectivity index (χ4v) is 2.47. The minimum absolute atomic E-state index is 0.0566. The zero-order chi connectivity index (χ0) is 14.8. The monoisotopic (exact) mass is 282 g/mol. The molecule has 4 nitrogen and oxygen atoms in total. The minimum Gasteiger partial charge on any atom is -0.481 e. The number of para-hydroxylation sites is 2. The van der Waals surface area contributed by atoms with Crippen LogP contribution in [0.2, 0.25) is 0 Å². The SMILES string of the molecule is Cc1oc2ccccc2[n+]1Cc1ccc(CC(=O)O)cc1. The third-order valence-electron chi connectivity index (χ3n) is 3.51. The molecule has 3 aromatic rings. The molecule has 0 bridgehead atoms. The minimum atomic E-state index is -0.811. The van der Waals surface area contributed by atoms with Crippen molar-refractivity contribution >= 4 is 17.1 Å². The van der Waals surface area contributed by atoms with Crippen LogP contribution >= 0.6 is 0 Å². The number of nitrogens with zero attached hydrogens (tertiary/aromatic N) is 1. The third kappa shape index (κ3) is 2.79. The summed E-state index contributed by atoms with van der Waals surface area (Å²) in [7, 11) is 0. The van der Waals surface area contributed by atoms with Crippen LogP contribution in [-0.4, -0.2) is 11.1 Å². The second kappa shape index (κ2) is 5.40. The molecule has 21 heavy (non-hydrogen) atoms. The number of rotatable bonds is 4. The van der Waals surface area contributed by atoms with E-state index in [9.17, 15) is 4.79 Å². The van der Waals surface area contributed by atoms with Crippen LogP contribution in [0.1, 0.15) is 17.0 Å². The van der Waals surface area contributed by atoms with Gasteiger partial charge in [0, 0.05) is 11.6 Å². The number of carbonyl (C=O) groups is 1. The Labute approximate surface area is 122 Å². The smallest absolute Gasteiger partial charge is 0.345 e. The molecule has 0 fully saturated rings. The highest BCUT2D eigenvalue weighted by Gasteiger charge is 2.18. The van der Waals surface area contributed by atoms with Crippen LogP contribution in [0.15, 0.2) is 52.9 Å². The van der Waals surface area contributed by atoms with E-state index in [-0.39, 0.29) is 6.42 Å². The van der Waals surface area contributed by atoms with Gasteiger partial charge in [0.2, 0.25) is 5.58 Å². The van der Waals surface area contributed by atoms with Crippen LogP contribution in [-0.2, 0) is 17.8 Å². The van der Waals surface area contributed by atoms with E-state index in [0.29, 0.717) is 6.54 Å². The first-order valence-electron chi connectivity index (χ1n) is 6.81. The lowest BCUT2D eigenvalue weighted by molar-refractivity contribution is -0.674. The predicted molar refractivity (Wildman–Crippen MR) is 78.0 cm³/mol. The highest BCUT2D eigenvalue weighted by molar-refractivity contribution is 5.70. The molecule has 0 aliphatic heterocycles. The van der Waals surface area contributed by atoms with Crippen LogP contribution < -0.4 is 4.57 Å². The molecular weight excluding hydrogens is 266 g/mol. The second-order valence-corrected chi connectivity index (χ2v) is 5.06. The highest BCUT2D eigenvalue weighted by Crippen LogP contribution is 2.14. The summed E-state index contributed by atoms with van der Waals surface area (Å²) in [5.74, 6) is 0.0413. The molecule has 1 heterocycles. The average molecular weight is 282 g/mol. The first kappa shape index (κ1) is 13.4. The number of fused-ring (bicyclic) bond motifs is 1. The normalized spacial score (nSPS) is 10.9. The number of hydrogen-bond acceptors (Lipinski definition) is 2. The van der Waals surface area contributed by atoms with Gasteiger partial charge >= 0.3 is 11.9 Å². The first-order valence-corrected chi connectivity index (χ1v) is 6.81. The van der Waals surface area contributed by atoms with Crippen LogP contribution in [0.3, 0.4) is 0 Å². The van der Waals surface area contributed by atoms with Crippen molar-refractivity contribution in [2.45, 2.75) is 19.9 Å². The zero-order valence-electron chi connectivity index (χ0n) is 11.7. The molecule has 0 aliphatic rings. The zero-order valence-corrected chi connectivity index (χ0v) is 11.7. The molecule has 2 aromatic carbocycles. The lowest BCUT2D eigenvalue weighted by Gasteiger charge is -2.00. The van der Waals surface area contributed by atoms with Gasteiger partial charge in [-0.3, -0.25) is 4.79 Å². The molecule has 0 amide bonds. The first-order chi connectivity index (χ1) is 10.1. The Hall–Kier alpha value is -2.62. The number of aryl methyl sites for hydroxylation is 1. The fraction of sp³-hybridized carbons (Fsp3) is 0.176. The van der Waals surface area contributed by atoms with E-state index >= 15 is 0 Å². The van der Waals surface area contributed by atoms with Gasteiger partial charge in [0.05, 0.1) is 13.3 Å². The topological polar surface area (TPSA) is 54.3 Å². The van der Waals surface area contributed by atoms with Crippen molar-refractivity contribution in [3.05, 3.63) is 65.5 Å². The molecule has 0 aliphatic carbocycles. The number of carboxylic acid groups (broad SMARTS) is 1. The number of oxazole rings is 1. The van der Waals surface area contributed by atoms with Gasteiger partial charge in [-0.15, -0.1) is 0 Å². The van der Waals surface area contributed by atoms with Crippen LogP contribution in [0.4, 0.5) is 0 Å². The quantitative estimate of drug-likeness (QED) is 0.749. The molecule has 106 valence electrons. The van der Waals surface area contributed by atoms with E-state index in [2.05, 4.69) is 4.57 Å². The molecule has 0 spiro atoms. The number of carboxylic acids is 1. The second-order valence-electron chi connectivity index (χ2n) is 5.06. The van der Waals surface area contributed by atoms with E-state index in [0.717, 1.165) is 28.1 Å². The van der Waals surface area contributed by atoms with Gasteiger partial charge in [0.1, 0.15) is 0 Å². The van der Waals surface area contributed by atoms with Crippen LogP contribution in [0.25, 0.3) is 11.1 Å². The van der Waals surface area contributed by atoms with Gasteiger partial charge in [0.25, 0.3) is 5.52 Å². The predicted octanol–water partition coefficient (Wildman–Crippen LogP) is 2.70. The van der Waals surface area contributed by atoms with E-state index < -0.39 is 5.97 Å². The largest absolute Gasteiger partial charge is 0.481 e. The maximum Gasteiger partial charge on any atom is 0.345 e. The molecule has 0 saturated carbocycles. The van der Waals surface area contributed by atoms with E-state index in [1.165, 1.54) is 0 Å². The van der Waals surface area contributed by atoms with E-state index in [1.807, 2.05) is 55.5 Å². The Kier molecular flexibility index (Phi) is 3.44. The molecule has 3 rings (SSSR count). The maximum atomic E-state index is 10.7. The summed E-state index contributed by atoms with van der Waals surface area (Å²) >= 11 is 0. The Bertz CT molecular complexity index is 787. The van der Waals surface area contributed by atoms with E-state index in [1.54, 1.807) is 0 Å². The Morgan fingerprint density at radius 3 is 2.48 bits per heavy atom. The standard InChI is InChI=1S/C17H15NO3/c1-12-18(15-4-2-3-5-16(15)21-12)11-14-8-6-13(7-9-14)10-17(19)20/h2-9H,10-11H2,1H3/p+1. The lowest BCUT2D eigenvalue weighted by Crippen LogP contribution is -2.35. The van der Waals surface area contributed by atoms with Gasteiger partial charge in [-0.2, -0.15) is 4.57 Å². The maximum absolute atomic E-state index is 10.7. The van der Waals surface area contributed by atoms with Crippen LogP contribution in [0.5, 0.6) is 0 Å². The Balaban J connectivity index is 1.88. The number of hydrogen-bond donors (Lipinski definition) is 1. The summed E-state index contributed by atoms with van der Waals surface area (Å²) < 4.78 is 7.85. The van der Waals surface area contributed by atoms with Crippen molar-refractivity contribution in [2.75, 3.05) is 0 Å². The molecule has 0 radical (unpaired) electrons. The number of benzene rings is 2. The summed E-state index contributed by atoms with van der Waals surface area (Å²) in [6, 6.07) is 15.6. The molecule has 0 unspecified atom stereocenters. The fourth-order valence-electron chi connectivity index (χ4n) is 2.47. The van der Waals surface area contributed by atoms with Crippen LogP contribution in [0, 0.1) is 6.92 Å². The van der Waals surface area contributed by atoms with Gasteiger partial charge in [-0.25, -0.2) is 0 Å². The van der Waals surface area contributed by atoms with Gasteiger partial charge in [-0.1, -0.05) is 36.4 Å². The summed E-state index contributed by atoms with van der Waals surface area (Å²) in [6.07, 6.45) is 0.0566. The average Bonchev–Trinajstić information content (AvgIpc) is 2.77. The number of aromatic nitrogens is 1.